The van der Waals surface area contributed by atoms with Crippen LogP contribution in [-0.4, -0.2) is 5.97 Å². The largest absolute Gasteiger partial charge is 1.00 e. The second-order valence-corrected chi connectivity index (χ2v) is 1.97. The van der Waals surface area contributed by atoms with Gasteiger partial charge in [0, 0.05) is 5.97 Å². The molecule has 0 aromatic carbocycles. The van der Waals surface area contributed by atoms with Crippen LogP contribution in [0.1, 0.15) is 20.3 Å². The fraction of sp³-hybridized carbons (Fsp3) is 0.800. The number of carbonyl (C=O) groups is 1. The molecule has 0 heterocycles. The van der Waals surface area contributed by atoms with E-state index in [-0.39, 0.29) is 29.4 Å². The van der Waals surface area contributed by atoms with Gasteiger partial charge in [0.15, 0.2) is 0 Å². The second kappa shape index (κ2) is 5.13. The molecule has 0 amide bonds. The van der Waals surface area contributed by atoms with Crippen molar-refractivity contribution in [3.05, 3.63) is 0 Å². The molecule has 0 aromatic heterocycles. The molecule has 0 fully saturated rings. The van der Waals surface area contributed by atoms with Crippen LogP contribution in [0.5, 0.6) is 0 Å². The summed E-state index contributed by atoms with van der Waals surface area (Å²) >= 11 is 0. The Balaban J connectivity index is 0. The molecule has 0 aliphatic carbocycles. The Labute approximate surface area is 59.8 Å². The molecule has 2 nitrogen and oxygen atoms in total. The van der Waals surface area contributed by atoms with Crippen molar-refractivity contribution in [1.29, 1.82) is 0 Å². The molecule has 0 aliphatic heterocycles. The molecule has 0 atom stereocenters. The van der Waals surface area contributed by atoms with E-state index in [0.29, 0.717) is 0 Å². The summed E-state index contributed by atoms with van der Waals surface area (Å²) < 4.78 is 0. The third-order valence-corrected chi connectivity index (χ3v) is 0.575. The molecule has 0 bridgehead atoms. The zero-order valence-corrected chi connectivity index (χ0v) is 5.84. The van der Waals surface area contributed by atoms with E-state index >= 15 is 0 Å². The van der Waals surface area contributed by atoms with Crippen LogP contribution in [0.4, 0.5) is 0 Å². The van der Waals surface area contributed by atoms with Crippen molar-refractivity contribution in [1.82, 2.24) is 0 Å². The van der Waals surface area contributed by atoms with Crippen LogP contribution in [0.2, 0.25) is 0 Å². The van der Waals surface area contributed by atoms with Crippen molar-refractivity contribution in [2.24, 2.45) is 5.92 Å². The Bertz CT molecular complexity index is 70.8. The van der Waals surface area contributed by atoms with Crippen LogP contribution in [-0.2, 0) is 21.9 Å². The minimum absolute atomic E-state index is 0. The Morgan fingerprint density at radius 1 is 1.62 bits per heavy atom. The minimum Gasteiger partial charge on any atom is -0.550 e. The Hall–Kier alpha value is -0.0105. The van der Waals surface area contributed by atoms with Gasteiger partial charge in [0.25, 0.3) is 0 Å². The first-order valence-corrected chi connectivity index (χ1v) is 2.32. The van der Waals surface area contributed by atoms with Gasteiger partial charge in [-0.05, 0) is 12.3 Å². The summed E-state index contributed by atoms with van der Waals surface area (Å²) in [4.78, 5) is 9.70. The van der Waals surface area contributed by atoms with Gasteiger partial charge in [0.2, 0.25) is 0 Å². The van der Waals surface area contributed by atoms with Gasteiger partial charge >= 0.3 is 17.1 Å². The van der Waals surface area contributed by atoms with Gasteiger partial charge in [-0.1, -0.05) is 13.8 Å². The Kier molecular flexibility index (Phi) is 6.98. The SMILES string of the molecule is CC(C)CC(=O)[O-].[Cu+]. The van der Waals surface area contributed by atoms with Crippen LogP contribution >= 0.6 is 0 Å². The maximum atomic E-state index is 9.70. The average Bonchev–Trinajstić information content (AvgIpc) is 1.27. The van der Waals surface area contributed by atoms with E-state index in [9.17, 15) is 9.90 Å². The molecule has 3 heteroatoms. The number of rotatable bonds is 2. The van der Waals surface area contributed by atoms with Crippen LogP contribution in [0.15, 0.2) is 0 Å². The standard InChI is InChI=1S/C5H10O2.Cu/c1-4(2)3-5(6)7;/h4H,3H2,1-2H3,(H,6,7);/q;+1/p-1. The van der Waals surface area contributed by atoms with Crippen molar-refractivity contribution in [3.63, 3.8) is 0 Å². The van der Waals surface area contributed by atoms with E-state index in [1.165, 1.54) is 0 Å². The maximum absolute atomic E-state index is 9.70. The van der Waals surface area contributed by atoms with Crippen molar-refractivity contribution in [2.45, 2.75) is 20.3 Å². The normalized spacial score (nSPS) is 8.38. The smallest absolute Gasteiger partial charge is 0.550 e. The molecular weight excluding hydrogens is 156 g/mol. The number of carboxylic acid groups (broad SMARTS) is 1. The molecule has 0 aromatic rings. The van der Waals surface area contributed by atoms with Crippen molar-refractivity contribution < 1.29 is 27.0 Å². The summed E-state index contributed by atoms with van der Waals surface area (Å²) in [7, 11) is 0. The zero-order chi connectivity index (χ0) is 5.86. The molecule has 8 heavy (non-hydrogen) atoms. The van der Waals surface area contributed by atoms with E-state index in [2.05, 4.69) is 0 Å². The molecule has 0 unspecified atom stereocenters. The number of hydrogen-bond acceptors (Lipinski definition) is 2. The van der Waals surface area contributed by atoms with Gasteiger partial charge in [0.05, 0.1) is 0 Å². The summed E-state index contributed by atoms with van der Waals surface area (Å²) in [6, 6.07) is 0. The molecule has 0 saturated carbocycles. The van der Waals surface area contributed by atoms with Crippen molar-refractivity contribution in [3.8, 4) is 0 Å². The summed E-state index contributed by atoms with van der Waals surface area (Å²) in [5.74, 6) is -0.750. The van der Waals surface area contributed by atoms with Crippen LogP contribution in [0.3, 0.4) is 0 Å². The van der Waals surface area contributed by atoms with Gasteiger partial charge in [-0.2, -0.15) is 0 Å². The van der Waals surface area contributed by atoms with Gasteiger partial charge in [0.1, 0.15) is 0 Å². The third kappa shape index (κ3) is 9.37. The zero-order valence-electron chi connectivity index (χ0n) is 4.90. The number of carboxylic acids is 1. The van der Waals surface area contributed by atoms with Crippen LogP contribution in [0, 0.1) is 5.92 Å². The molecule has 0 N–H and O–H groups in total. The van der Waals surface area contributed by atoms with Crippen molar-refractivity contribution in [2.75, 3.05) is 0 Å². The van der Waals surface area contributed by atoms with E-state index in [0.717, 1.165) is 0 Å². The molecule has 0 radical (unpaired) electrons. The van der Waals surface area contributed by atoms with E-state index in [1.54, 1.807) is 0 Å². The van der Waals surface area contributed by atoms with E-state index in [1.807, 2.05) is 13.8 Å². The minimum atomic E-state index is -0.963. The van der Waals surface area contributed by atoms with Crippen LogP contribution in [0.25, 0.3) is 0 Å². The summed E-state index contributed by atoms with van der Waals surface area (Å²) in [6.07, 6.45) is 0.167. The van der Waals surface area contributed by atoms with Gasteiger partial charge in [-0.15, -0.1) is 0 Å². The van der Waals surface area contributed by atoms with Gasteiger partial charge < -0.3 is 9.90 Å². The fourth-order valence-electron chi connectivity index (χ4n) is 0.333. The maximum Gasteiger partial charge on any atom is 1.00 e. The van der Waals surface area contributed by atoms with E-state index < -0.39 is 5.97 Å². The fourth-order valence-corrected chi connectivity index (χ4v) is 0.333. The topological polar surface area (TPSA) is 40.1 Å². The number of carbonyl (C=O) groups excluding carboxylic acids is 1. The predicted octanol–water partition coefficient (Wildman–Crippen LogP) is -0.220. The summed E-state index contributed by atoms with van der Waals surface area (Å²) in [5, 5.41) is 9.70. The Morgan fingerprint density at radius 3 is 2.00 bits per heavy atom. The van der Waals surface area contributed by atoms with Crippen molar-refractivity contribution >= 4 is 5.97 Å². The first-order chi connectivity index (χ1) is 3.13. The molecular formula is C5H9CuO2. The van der Waals surface area contributed by atoms with Gasteiger partial charge in [-0.3, -0.25) is 0 Å². The summed E-state index contributed by atoms with van der Waals surface area (Å²) in [6.45, 7) is 3.69. The number of aliphatic carboxylic acids is 1. The average molecular weight is 165 g/mol. The van der Waals surface area contributed by atoms with Crippen LogP contribution < -0.4 is 5.11 Å². The molecule has 0 spiro atoms. The van der Waals surface area contributed by atoms with Gasteiger partial charge in [-0.25, -0.2) is 0 Å². The second-order valence-electron chi connectivity index (χ2n) is 1.97. The predicted molar refractivity (Wildman–Crippen MR) is 24.5 cm³/mol. The molecule has 0 aliphatic rings. The number of hydrogen-bond donors (Lipinski definition) is 0. The Morgan fingerprint density at radius 2 is 2.00 bits per heavy atom. The molecule has 0 rings (SSSR count). The third-order valence-electron chi connectivity index (χ3n) is 0.575. The molecule has 52 valence electrons. The molecule has 0 saturated heterocycles. The first kappa shape index (κ1) is 10.9. The van der Waals surface area contributed by atoms with E-state index in [4.69, 9.17) is 0 Å². The monoisotopic (exact) mass is 164 g/mol. The summed E-state index contributed by atoms with van der Waals surface area (Å²) in [5.41, 5.74) is 0. The quantitative estimate of drug-likeness (QED) is 0.530. The first-order valence-electron chi connectivity index (χ1n) is 2.32.